The van der Waals surface area contributed by atoms with E-state index in [2.05, 4.69) is 17.0 Å². The molecule has 6 rings (SSSR count). The van der Waals surface area contributed by atoms with Gasteiger partial charge in [-0.1, -0.05) is 47.5 Å². The number of piperidine rings is 1. The first-order valence-corrected chi connectivity index (χ1v) is 12.3. The van der Waals surface area contributed by atoms with Gasteiger partial charge in [0.2, 0.25) is 0 Å². The molecule has 3 aliphatic heterocycles. The van der Waals surface area contributed by atoms with Crippen LogP contribution < -0.4 is 0 Å². The second-order valence-corrected chi connectivity index (χ2v) is 10.2. The lowest BCUT2D eigenvalue weighted by Gasteiger charge is -2.53. The Labute approximate surface area is 214 Å². The third kappa shape index (κ3) is 3.48. The van der Waals surface area contributed by atoms with E-state index in [4.69, 9.17) is 33.3 Å². The predicted octanol–water partition coefficient (Wildman–Crippen LogP) is 7.36. The van der Waals surface area contributed by atoms with E-state index < -0.39 is 5.41 Å². The number of hydrogen-bond acceptors (Lipinski definition) is 4. The summed E-state index contributed by atoms with van der Waals surface area (Å²) in [5, 5.41) is 7.97. The molecule has 35 heavy (non-hydrogen) atoms. The van der Waals surface area contributed by atoms with Gasteiger partial charge < -0.3 is 4.90 Å². The highest BCUT2D eigenvalue weighted by Crippen LogP contribution is 2.60. The molecule has 7 heteroatoms. The van der Waals surface area contributed by atoms with E-state index in [0.717, 1.165) is 33.8 Å². The Balaban J connectivity index is 1.68. The lowest BCUT2D eigenvalue weighted by atomic mass is 9.59. The number of hydrazone groups is 1. The first-order chi connectivity index (χ1) is 16.9. The molecular weight excluding hydrogens is 482 g/mol. The molecule has 3 unspecified atom stereocenters. The van der Waals surface area contributed by atoms with Crippen molar-refractivity contribution in [3.8, 4) is 0 Å². The number of fused-ring (bicyclic) bond motifs is 3. The zero-order valence-electron chi connectivity index (χ0n) is 19.3. The normalized spacial score (nSPS) is 24.5. The highest BCUT2D eigenvalue weighted by atomic mass is 35.5. The zero-order valence-corrected chi connectivity index (χ0v) is 20.8. The van der Waals surface area contributed by atoms with Crippen LogP contribution >= 0.6 is 23.2 Å². The number of amidine groups is 1. The van der Waals surface area contributed by atoms with Crippen molar-refractivity contribution in [3.05, 3.63) is 111 Å². The highest BCUT2D eigenvalue weighted by Gasteiger charge is 2.57. The molecule has 0 amide bonds. The fraction of sp³-hybridized carbons (Fsp3) is 0.214. The van der Waals surface area contributed by atoms with Crippen molar-refractivity contribution in [3.63, 3.8) is 0 Å². The Bertz CT molecular complexity index is 1430. The van der Waals surface area contributed by atoms with Gasteiger partial charge in [-0.2, -0.15) is 5.10 Å². The van der Waals surface area contributed by atoms with E-state index in [1.807, 2.05) is 74.0 Å². The van der Waals surface area contributed by atoms with Crippen molar-refractivity contribution >= 4 is 40.9 Å². The summed E-state index contributed by atoms with van der Waals surface area (Å²) in [6.45, 7) is 2.02. The van der Waals surface area contributed by atoms with Crippen LogP contribution in [0.3, 0.4) is 0 Å². The van der Waals surface area contributed by atoms with E-state index in [9.17, 15) is 4.39 Å². The molecule has 4 nitrogen and oxygen atoms in total. The number of halogens is 3. The van der Waals surface area contributed by atoms with E-state index in [0.29, 0.717) is 16.5 Å². The fourth-order valence-corrected chi connectivity index (χ4v) is 6.19. The van der Waals surface area contributed by atoms with Crippen molar-refractivity contribution < 1.29 is 4.39 Å². The van der Waals surface area contributed by atoms with Crippen LogP contribution in [0.25, 0.3) is 0 Å². The molecule has 3 heterocycles. The molecule has 3 aliphatic rings. The smallest absolute Gasteiger partial charge is 0.130 e. The number of aryl methyl sites for hydroxylation is 1. The predicted molar refractivity (Wildman–Crippen MR) is 140 cm³/mol. The van der Waals surface area contributed by atoms with Gasteiger partial charge in [-0.15, -0.1) is 0 Å². The van der Waals surface area contributed by atoms with Crippen molar-refractivity contribution in [1.82, 2.24) is 9.91 Å². The molecule has 0 N–H and O–H groups in total. The maximum Gasteiger partial charge on any atom is 0.130 e. The Morgan fingerprint density at radius 3 is 2.66 bits per heavy atom. The zero-order chi connectivity index (χ0) is 24.3. The summed E-state index contributed by atoms with van der Waals surface area (Å²) in [5.41, 5.74) is 4.28. The number of nitrogens with zero attached hydrogens (tertiary/aromatic N) is 4. The van der Waals surface area contributed by atoms with Crippen LogP contribution in [0, 0.1) is 12.7 Å². The summed E-state index contributed by atoms with van der Waals surface area (Å²) in [5.74, 6) is 0.596. The monoisotopic (exact) mass is 504 g/mol. The average molecular weight is 505 g/mol. The van der Waals surface area contributed by atoms with Crippen molar-refractivity contribution in [2.75, 3.05) is 7.05 Å². The molecule has 1 saturated heterocycles. The molecule has 1 fully saturated rings. The van der Waals surface area contributed by atoms with Crippen LogP contribution in [0.4, 0.5) is 10.1 Å². The molecule has 176 valence electrons. The summed E-state index contributed by atoms with van der Waals surface area (Å²) < 4.78 is 14.7. The van der Waals surface area contributed by atoms with Crippen LogP contribution in [-0.4, -0.2) is 29.0 Å². The maximum absolute atomic E-state index is 14.7. The number of hydrogen-bond donors (Lipinski definition) is 0. The van der Waals surface area contributed by atoms with Gasteiger partial charge in [-0.3, -0.25) is 10.0 Å². The van der Waals surface area contributed by atoms with Crippen LogP contribution in [0.15, 0.2) is 83.2 Å². The number of rotatable bonds is 2. The summed E-state index contributed by atoms with van der Waals surface area (Å²) in [7, 11) is 1.91. The van der Waals surface area contributed by atoms with E-state index in [1.54, 1.807) is 6.07 Å². The molecule has 3 atom stereocenters. The lowest BCUT2D eigenvalue weighted by Crippen LogP contribution is -2.55. The van der Waals surface area contributed by atoms with Crippen molar-refractivity contribution in [2.24, 2.45) is 10.1 Å². The van der Waals surface area contributed by atoms with Gasteiger partial charge in [0.15, 0.2) is 0 Å². The molecule has 3 aromatic rings. The van der Waals surface area contributed by atoms with Crippen molar-refractivity contribution in [2.45, 2.75) is 30.7 Å². The third-order valence-electron chi connectivity index (χ3n) is 7.34. The molecule has 0 bridgehead atoms. The standard InChI is InChI=1S/C28H23Cl2FN4/c1-17-6-8-21(31)14-22(17)27-28(16-32-25-13-20(30)7-9-23(25)28)24(18-4-3-5-19(29)12-18)15-26-33-34(2)10-11-35(26)27/h3-14,16,24,27H,15H2,1-2H3. The second-order valence-electron chi connectivity index (χ2n) is 9.36. The molecular formula is C28H23Cl2FN4. The first kappa shape index (κ1) is 22.3. The summed E-state index contributed by atoms with van der Waals surface area (Å²) in [4.78, 5) is 7.06. The van der Waals surface area contributed by atoms with Crippen molar-refractivity contribution in [1.29, 1.82) is 0 Å². The van der Waals surface area contributed by atoms with Crippen LogP contribution in [0.5, 0.6) is 0 Å². The van der Waals surface area contributed by atoms with Crippen LogP contribution in [0.2, 0.25) is 10.0 Å². The van der Waals surface area contributed by atoms with Crippen LogP contribution in [-0.2, 0) is 5.41 Å². The van der Waals surface area contributed by atoms with Gasteiger partial charge in [0, 0.05) is 48.0 Å². The minimum Gasteiger partial charge on any atom is -0.325 e. The Morgan fingerprint density at radius 2 is 1.83 bits per heavy atom. The van der Waals surface area contributed by atoms with E-state index in [1.165, 1.54) is 6.07 Å². The van der Waals surface area contributed by atoms with Gasteiger partial charge in [-0.25, -0.2) is 4.39 Å². The van der Waals surface area contributed by atoms with Gasteiger partial charge in [0.1, 0.15) is 11.7 Å². The molecule has 0 aliphatic carbocycles. The SMILES string of the molecule is Cc1ccc(F)cc1C1N2C=CN(C)N=C2CC(c2cccc(Cl)c2)C12C=Nc1cc(Cl)ccc12. The number of aliphatic imine (C=N–C) groups is 1. The maximum atomic E-state index is 14.7. The quantitative estimate of drug-likeness (QED) is 0.365. The largest absolute Gasteiger partial charge is 0.325 e. The molecule has 3 aromatic carbocycles. The Morgan fingerprint density at radius 1 is 1.00 bits per heavy atom. The highest BCUT2D eigenvalue weighted by molar-refractivity contribution is 6.31. The van der Waals surface area contributed by atoms with E-state index >= 15 is 0 Å². The second kappa shape index (κ2) is 8.21. The number of benzene rings is 3. The molecule has 0 radical (unpaired) electrons. The summed E-state index contributed by atoms with van der Waals surface area (Å²) >= 11 is 12.8. The molecule has 1 spiro atoms. The topological polar surface area (TPSA) is 31.2 Å². The van der Waals surface area contributed by atoms with Crippen LogP contribution in [0.1, 0.15) is 40.6 Å². The molecule has 0 aromatic heterocycles. The summed E-state index contributed by atoms with van der Waals surface area (Å²) in [6, 6.07) is 18.6. The Kier molecular flexibility index (Phi) is 5.24. The lowest BCUT2D eigenvalue weighted by molar-refractivity contribution is 0.217. The Hall–Kier alpha value is -3.15. The van der Waals surface area contributed by atoms with Gasteiger partial charge in [-0.05, 0) is 65.6 Å². The minimum atomic E-state index is -0.609. The minimum absolute atomic E-state index is 0.0463. The molecule has 0 saturated carbocycles. The average Bonchev–Trinajstić information content (AvgIpc) is 3.19. The van der Waals surface area contributed by atoms with Gasteiger partial charge in [0.05, 0.1) is 17.1 Å². The summed E-state index contributed by atoms with van der Waals surface area (Å²) in [6.07, 6.45) is 6.66. The fourth-order valence-electron chi connectivity index (χ4n) is 5.82. The van der Waals surface area contributed by atoms with E-state index in [-0.39, 0.29) is 17.8 Å². The van der Waals surface area contributed by atoms with Gasteiger partial charge in [0.25, 0.3) is 0 Å². The van der Waals surface area contributed by atoms with Gasteiger partial charge >= 0.3 is 0 Å². The first-order valence-electron chi connectivity index (χ1n) is 11.5. The third-order valence-corrected chi connectivity index (χ3v) is 7.81.